The van der Waals surface area contributed by atoms with Crippen molar-refractivity contribution in [3.63, 3.8) is 0 Å². The third kappa shape index (κ3) is 9.53. The molecular weight excluding hydrogens is 424 g/mol. The molecule has 0 aromatic heterocycles. The highest BCUT2D eigenvalue weighted by Crippen LogP contribution is 2.01. The van der Waals surface area contributed by atoms with Crippen LogP contribution in [-0.2, 0) is 28.8 Å². The Labute approximate surface area is 176 Å². The van der Waals surface area contributed by atoms with Crippen LogP contribution in [0.25, 0.3) is 0 Å². The van der Waals surface area contributed by atoms with E-state index in [2.05, 4.69) is 28.6 Å². The number of carboxylic acid groups (broad SMARTS) is 1. The smallest absolute Gasteiger partial charge is 0.327 e. The number of aliphatic hydroxyl groups is 1. The van der Waals surface area contributed by atoms with Gasteiger partial charge in [0.25, 0.3) is 0 Å². The Kier molecular flexibility index (Phi) is 11.4. The summed E-state index contributed by atoms with van der Waals surface area (Å²) in [6, 6.07) is -6.03. The minimum atomic E-state index is -1.63. The van der Waals surface area contributed by atoms with Crippen molar-refractivity contribution in [2.75, 3.05) is 5.75 Å². The standard InChI is InChI=1S/C15H26N6O8S/c1-5(22)11(14(27)20-8(4-30)15(28)29)21-13(26)7(3-10(18)24)19-12(25)6(16)2-9(17)23/h5-8,11,22,30H,2-4,16H2,1H3,(H2,17,23)(H2,18,24)(H,19,25)(H,20,27)(H,21,26)(H,28,29). The number of carbonyl (C=O) groups excluding carboxylic acids is 5. The molecular formula is C15H26N6O8S. The lowest BCUT2D eigenvalue weighted by Gasteiger charge is -2.25. The molecule has 0 aliphatic heterocycles. The molecule has 0 aromatic carbocycles. The number of carbonyl (C=O) groups is 6. The SMILES string of the molecule is CC(O)C(NC(=O)C(CC(N)=O)NC(=O)C(N)CC(N)=O)C(=O)NC(CS)C(=O)O. The molecule has 0 heterocycles. The fraction of sp³-hybridized carbons (Fsp3) is 0.600. The Balaban J connectivity index is 5.38. The molecule has 5 atom stereocenters. The predicted octanol–water partition coefficient (Wildman–Crippen LogP) is -5.09. The highest BCUT2D eigenvalue weighted by molar-refractivity contribution is 7.80. The minimum absolute atomic E-state index is 0.264. The summed E-state index contributed by atoms with van der Waals surface area (Å²) in [4.78, 5) is 69.9. The highest BCUT2D eigenvalue weighted by atomic mass is 32.1. The maximum atomic E-state index is 12.5. The van der Waals surface area contributed by atoms with Gasteiger partial charge < -0.3 is 43.4 Å². The van der Waals surface area contributed by atoms with Crippen molar-refractivity contribution in [1.29, 1.82) is 0 Å². The molecule has 0 aliphatic rings. The number of amides is 5. The molecule has 11 N–H and O–H groups in total. The second-order valence-electron chi connectivity index (χ2n) is 6.32. The van der Waals surface area contributed by atoms with Crippen molar-refractivity contribution in [2.45, 2.75) is 50.0 Å². The molecule has 170 valence electrons. The number of carboxylic acids is 1. The van der Waals surface area contributed by atoms with Crippen LogP contribution >= 0.6 is 12.6 Å². The van der Waals surface area contributed by atoms with E-state index in [1.165, 1.54) is 0 Å². The molecule has 5 amide bonds. The average Bonchev–Trinajstić information content (AvgIpc) is 2.61. The number of primary amides is 2. The molecule has 0 saturated carbocycles. The van der Waals surface area contributed by atoms with E-state index in [4.69, 9.17) is 22.3 Å². The van der Waals surface area contributed by atoms with E-state index < -0.39 is 78.6 Å². The molecule has 15 heteroatoms. The van der Waals surface area contributed by atoms with Crippen LogP contribution in [0.5, 0.6) is 0 Å². The number of hydrogen-bond donors (Lipinski definition) is 9. The molecule has 5 unspecified atom stereocenters. The van der Waals surface area contributed by atoms with Gasteiger partial charge in [-0.15, -0.1) is 0 Å². The zero-order valence-corrected chi connectivity index (χ0v) is 16.9. The topological polar surface area (TPSA) is 257 Å². The quantitative estimate of drug-likeness (QED) is 0.121. The first-order valence-electron chi connectivity index (χ1n) is 8.55. The predicted molar refractivity (Wildman–Crippen MR) is 105 cm³/mol. The summed E-state index contributed by atoms with van der Waals surface area (Å²) in [6.07, 6.45) is -2.70. The molecule has 0 aliphatic carbocycles. The van der Waals surface area contributed by atoms with Gasteiger partial charge in [0.15, 0.2) is 0 Å². The normalized spacial score (nSPS) is 15.6. The lowest BCUT2D eigenvalue weighted by molar-refractivity contribution is -0.142. The Morgan fingerprint density at radius 2 is 1.37 bits per heavy atom. The first-order valence-corrected chi connectivity index (χ1v) is 9.18. The zero-order valence-electron chi connectivity index (χ0n) is 16.0. The Morgan fingerprint density at radius 1 is 0.867 bits per heavy atom. The van der Waals surface area contributed by atoms with Gasteiger partial charge in [0.05, 0.1) is 25.0 Å². The zero-order chi connectivity index (χ0) is 23.6. The number of nitrogens with one attached hydrogen (secondary N) is 3. The minimum Gasteiger partial charge on any atom is -0.480 e. The van der Waals surface area contributed by atoms with E-state index in [-0.39, 0.29) is 5.75 Å². The molecule has 0 radical (unpaired) electrons. The lowest BCUT2D eigenvalue weighted by atomic mass is 10.1. The van der Waals surface area contributed by atoms with Gasteiger partial charge in [0.2, 0.25) is 29.5 Å². The molecule has 0 aromatic rings. The van der Waals surface area contributed by atoms with Crippen molar-refractivity contribution < 1.29 is 39.0 Å². The summed E-state index contributed by atoms with van der Waals surface area (Å²) in [6.45, 7) is 1.14. The maximum Gasteiger partial charge on any atom is 0.327 e. The maximum absolute atomic E-state index is 12.5. The van der Waals surface area contributed by atoms with Gasteiger partial charge >= 0.3 is 5.97 Å². The fourth-order valence-electron chi connectivity index (χ4n) is 2.10. The molecule has 0 spiro atoms. The van der Waals surface area contributed by atoms with E-state index in [1.54, 1.807) is 0 Å². The first-order chi connectivity index (χ1) is 13.8. The van der Waals surface area contributed by atoms with Gasteiger partial charge in [-0.2, -0.15) is 12.6 Å². The van der Waals surface area contributed by atoms with Crippen LogP contribution in [0, 0.1) is 0 Å². The Hall–Kier alpha value is -2.91. The second kappa shape index (κ2) is 12.6. The van der Waals surface area contributed by atoms with E-state index in [0.717, 1.165) is 6.92 Å². The molecule has 0 fully saturated rings. The third-order valence-electron chi connectivity index (χ3n) is 3.66. The van der Waals surface area contributed by atoms with E-state index in [0.29, 0.717) is 0 Å². The monoisotopic (exact) mass is 450 g/mol. The summed E-state index contributed by atoms with van der Waals surface area (Å²) in [5, 5.41) is 25.0. The molecule has 0 rings (SSSR count). The van der Waals surface area contributed by atoms with Crippen LogP contribution < -0.4 is 33.2 Å². The Morgan fingerprint density at radius 3 is 1.77 bits per heavy atom. The van der Waals surface area contributed by atoms with Gasteiger partial charge in [-0.25, -0.2) is 4.79 Å². The number of rotatable bonds is 13. The first kappa shape index (κ1) is 27.1. The van der Waals surface area contributed by atoms with Crippen molar-refractivity contribution in [3.05, 3.63) is 0 Å². The van der Waals surface area contributed by atoms with Crippen molar-refractivity contribution in [2.24, 2.45) is 17.2 Å². The molecule has 30 heavy (non-hydrogen) atoms. The number of aliphatic hydroxyl groups excluding tert-OH is 1. The van der Waals surface area contributed by atoms with Crippen LogP contribution in [0.3, 0.4) is 0 Å². The van der Waals surface area contributed by atoms with Gasteiger partial charge in [-0.1, -0.05) is 0 Å². The van der Waals surface area contributed by atoms with Crippen LogP contribution in [0.2, 0.25) is 0 Å². The van der Waals surface area contributed by atoms with Gasteiger partial charge in [-0.05, 0) is 6.92 Å². The van der Waals surface area contributed by atoms with Gasteiger partial charge in [-0.3, -0.25) is 24.0 Å². The fourth-order valence-corrected chi connectivity index (χ4v) is 2.35. The van der Waals surface area contributed by atoms with Crippen molar-refractivity contribution in [3.8, 4) is 0 Å². The lowest BCUT2D eigenvalue weighted by Crippen LogP contribution is -2.60. The molecule has 14 nitrogen and oxygen atoms in total. The van der Waals surface area contributed by atoms with E-state index in [9.17, 15) is 33.9 Å². The van der Waals surface area contributed by atoms with Crippen LogP contribution in [-0.4, -0.2) is 81.7 Å². The summed E-state index contributed by atoms with van der Waals surface area (Å²) in [7, 11) is 0. The van der Waals surface area contributed by atoms with Crippen molar-refractivity contribution in [1.82, 2.24) is 16.0 Å². The summed E-state index contributed by atoms with van der Waals surface area (Å²) < 4.78 is 0. The van der Waals surface area contributed by atoms with E-state index >= 15 is 0 Å². The van der Waals surface area contributed by atoms with Crippen LogP contribution in [0.15, 0.2) is 0 Å². The van der Waals surface area contributed by atoms with Crippen LogP contribution in [0.1, 0.15) is 19.8 Å². The number of thiol groups is 1. The number of aliphatic carboxylic acids is 1. The number of hydrogen-bond acceptors (Lipinski definition) is 9. The summed E-state index contributed by atoms with van der Waals surface area (Å²) in [5.41, 5.74) is 15.5. The summed E-state index contributed by atoms with van der Waals surface area (Å²) >= 11 is 3.78. The third-order valence-corrected chi connectivity index (χ3v) is 4.02. The van der Waals surface area contributed by atoms with Crippen molar-refractivity contribution >= 4 is 48.1 Å². The largest absolute Gasteiger partial charge is 0.480 e. The average molecular weight is 450 g/mol. The molecule has 0 saturated heterocycles. The summed E-state index contributed by atoms with van der Waals surface area (Å²) in [5.74, 6) is -6.65. The van der Waals surface area contributed by atoms with Crippen LogP contribution in [0.4, 0.5) is 0 Å². The van der Waals surface area contributed by atoms with Gasteiger partial charge in [0.1, 0.15) is 18.1 Å². The Bertz CT molecular complexity index is 688. The molecule has 0 bridgehead atoms. The van der Waals surface area contributed by atoms with E-state index in [1.807, 2.05) is 0 Å². The second-order valence-corrected chi connectivity index (χ2v) is 6.68. The number of nitrogens with two attached hydrogens (primary N) is 3. The van der Waals surface area contributed by atoms with Gasteiger partial charge in [0, 0.05) is 5.75 Å². The highest BCUT2D eigenvalue weighted by Gasteiger charge is 2.33.